The number of thiazole rings is 1. The highest BCUT2D eigenvalue weighted by Crippen LogP contribution is 2.26. The number of aryl methyl sites for hydroxylation is 1. The van der Waals surface area contributed by atoms with Crippen LogP contribution in [0.4, 0.5) is 5.13 Å². The standard InChI is InChI=1S/C9H14N2O2S/c1-6-5-14-9(10-6)11-2-7(4-12)8(13)3-11/h5,7-8,12-13H,2-4H2,1H3. The average molecular weight is 214 g/mol. The molecule has 0 radical (unpaired) electrons. The molecular weight excluding hydrogens is 200 g/mol. The van der Waals surface area contributed by atoms with E-state index in [9.17, 15) is 5.11 Å². The Morgan fingerprint density at radius 2 is 2.43 bits per heavy atom. The van der Waals surface area contributed by atoms with E-state index < -0.39 is 6.10 Å². The van der Waals surface area contributed by atoms with Gasteiger partial charge in [-0.25, -0.2) is 4.98 Å². The van der Waals surface area contributed by atoms with E-state index in [2.05, 4.69) is 4.98 Å². The zero-order valence-corrected chi connectivity index (χ0v) is 8.87. The van der Waals surface area contributed by atoms with Crippen molar-refractivity contribution < 1.29 is 10.2 Å². The predicted molar refractivity (Wildman–Crippen MR) is 55.6 cm³/mol. The van der Waals surface area contributed by atoms with Crippen LogP contribution in [-0.4, -0.2) is 41.0 Å². The zero-order valence-electron chi connectivity index (χ0n) is 8.05. The summed E-state index contributed by atoms with van der Waals surface area (Å²) in [5.74, 6) is -0.0285. The van der Waals surface area contributed by atoms with Gasteiger partial charge in [0.05, 0.1) is 18.4 Å². The molecule has 1 aliphatic heterocycles. The Morgan fingerprint density at radius 1 is 1.64 bits per heavy atom. The molecule has 2 unspecified atom stereocenters. The number of hydrogen-bond donors (Lipinski definition) is 2. The molecule has 2 rings (SSSR count). The Morgan fingerprint density at radius 3 is 2.93 bits per heavy atom. The molecule has 2 N–H and O–H groups in total. The Balaban J connectivity index is 2.08. The molecule has 1 saturated heterocycles. The number of aliphatic hydroxyl groups is 2. The van der Waals surface area contributed by atoms with Crippen molar-refractivity contribution in [3.05, 3.63) is 11.1 Å². The first-order valence-corrected chi connectivity index (χ1v) is 5.54. The molecule has 0 saturated carbocycles. The first-order valence-electron chi connectivity index (χ1n) is 4.66. The van der Waals surface area contributed by atoms with E-state index in [1.165, 1.54) is 0 Å². The number of β-amino-alcohol motifs (C(OH)–C–C–N with tert-alkyl or cyclic N) is 1. The van der Waals surface area contributed by atoms with Gasteiger partial charge in [0, 0.05) is 24.4 Å². The van der Waals surface area contributed by atoms with Gasteiger partial charge in [-0.1, -0.05) is 0 Å². The number of anilines is 1. The molecule has 0 spiro atoms. The molecule has 0 aromatic carbocycles. The second-order valence-electron chi connectivity index (χ2n) is 3.69. The SMILES string of the molecule is Cc1csc(N2CC(O)C(CO)C2)n1. The fraction of sp³-hybridized carbons (Fsp3) is 0.667. The summed E-state index contributed by atoms with van der Waals surface area (Å²) in [5, 5.41) is 21.5. The van der Waals surface area contributed by atoms with Crippen LogP contribution in [0.25, 0.3) is 0 Å². The summed E-state index contributed by atoms with van der Waals surface area (Å²) in [6.07, 6.45) is -0.427. The molecule has 14 heavy (non-hydrogen) atoms. The molecule has 5 heteroatoms. The van der Waals surface area contributed by atoms with Crippen LogP contribution in [-0.2, 0) is 0 Å². The molecule has 0 aliphatic carbocycles. The van der Waals surface area contributed by atoms with Crippen LogP contribution < -0.4 is 4.90 Å². The average Bonchev–Trinajstić information content (AvgIpc) is 2.71. The van der Waals surface area contributed by atoms with E-state index in [1.807, 2.05) is 17.2 Å². The minimum atomic E-state index is -0.427. The maximum atomic E-state index is 9.60. The van der Waals surface area contributed by atoms with Gasteiger partial charge in [0.15, 0.2) is 5.13 Å². The lowest BCUT2D eigenvalue weighted by atomic mass is 10.1. The summed E-state index contributed by atoms with van der Waals surface area (Å²) in [4.78, 5) is 6.38. The monoisotopic (exact) mass is 214 g/mol. The van der Waals surface area contributed by atoms with Gasteiger partial charge in [-0.3, -0.25) is 0 Å². The Kier molecular flexibility index (Phi) is 2.71. The minimum Gasteiger partial charge on any atom is -0.396 e. The lowest BCUT2D eigenvalue weighted by molar-refractivity contribution is 0.104. The van der Waals surface area contributed by atoms with Crippen molar-refractivity contribution in [3.8, 4) is 0 Å². The van der Waals surface area contributed by atoms with E-state index in [-0.39, 0.29) is 12.5 Å². The van der Waals surface area contributed by atoms with E-state index in [0.717, 1.165) is 10.8 Å². The predicted octanol–water partition coefficient (Wildman–Crippen LogP) is 0.241. The molecule has 78 valence electrons. The highest BCUT2D eigenvalue weighted by molar-refractivity contribution is 7.13. The summed E-state index contributed by atoms with van der Waals surface area (Å²) >= 11 is 1.58. The minimum absolute atomic E-state index is 0.0285. The molecular formula is C9H14N2O2S. The highest BCUT2D eigenvalue weighted by Gasteiger charge is 2.31. The first-order chi connectivity index (χ1) is 6.70. The first kappa shape index (κ1) is 9.89. The summed E-state index contributed by atoms with van der Waals surface area (Å²) in [5.41, 5.74) is 1.01. The molecule has 1 aliphatic rings. The second-order valence-corrected chi connectivity index (χ2v) is 4.52. The Labute approximate surface area is 86.8 Å². The van der Waals surface area contributed by atoms with Crippen LogP contribution in [0.2, 0.25) is 0 Å². The van der Waals surface area contributed by atoms with Crippen molar-refractivity contribution in [1.29, 1.82) is 0 Å². The third-order valence-electron chi connectivity index (χ3n) is 2.52. The number of nitrogens with zero attached hydrogens (tertiary/aromatic N) is 2. The molecule has 1 aromatic heterocycles. The van der Waals surface area contributed by atoms with Gasteiger partial charge in [0.1, 0.15) is 0 Å². The summed E-state index contributed by atoms with van der Waals surface area (Å²) in [6.45, 7) is 3.28. The van der Waals surface area contributed by atoms with Gasteiger partial charge >= 0.3 is 0 Å². The molecule has 2 heterocycles. The van der Waals surface area contributed by atoms with Crippen molar-refractivity contribution >= 4 is 16.5 Å². The normalized spacial score (nSPS) is 27.2. The number of aliphatic hydroxyl groups excluding tert-OH is 2. The van der Waals surface area contributed by atoms with E-state index in [1.54, 1.807) is 11.3 Å². The van der Waals surface area contributed by atoms with Crippen molar-refractivity contribution in [2.45, 2.75) is 13.0 Å². The molecule has 1 aromatic rings. The van der Waals surface area contributed by atoms with Gasteiger partial charge in [0.25, 0.3) is 0 Å². The van der Waals surface area contributed by atoms with Crippen molar-refractivity contribution in [1.82, 2.24) is 4.98 Å². The number of rotatable bonds is 2. The zero-order chi connectivity index (χ0) is 10.1. The molecule has 2 atom stereocenters. The lowest BCUT2D eigenvalue weighted by Gasteiger charge is -2.13. The Hall–Kier alpha value is -0.650. The van der Waals surface area contributed by atoms with Crippen molar-refractivity contribution in [2.24, 2.45) is 5.92 Å². The second kappa shape index (κ2) is 3.84. The largest absolute Gasteiger partial charge is 0.396 e. The number of hydrogen-bond acceptors (Lipinski definition) is 5. The van der Waals surface area contributed by atoms with Crippen LogP contribution in [0.15, 0.2) is 5.38 Å². The van der Waals surface area contributed by atoms with Crippen LogP contribution in [0.1, 0.15) is 5.69 Å². The molecule has 0 amide bonds. The van der Waals surface area contributed by atoms with Crippen LogP contribution in [0, 0.1) is 12.8 Å². The van der Waals surface area contributed by atoms with Crippen LogP contribution in [0.5, 0.6) is 0 Å². The summed E-state index contributed by atoms with van der Waals surface area (Å²) in [7, 11) is 0. The summed E-state index contributed by atoms with van der Waals surface area (Å²) in [6, 6.07) is 0. The number of aromatic nitrogens is 1. The molecule has 1 fully saturated rings. The highest BCUT2D eigenvalue weighted by atomic mass is 32.1. The Bertz CT molecular complexity index is 316. The topological polar surface area (TPSA) is 56.6 Å². The maximum Gasteiger partial charge on any atom is 0.185 e. The van der Waals surface area contributed by atoms with Gasteiger partial charge in [-0.2, -0.15) is 0 Å². The molecule has 0 bridgehead atoms. The van der Waals surface area contributed by atoms with Crippen molar-refractivity contribution in [3.63, 3.8) is 0 Å². The van der Waals surface area contributed by atoms with Crippen LogP contribution in [0.3, 0.4) is 0 Å². The van der Waals surface area contributed by atoms with E-state index >= 15 is 0 Å². The van der Waals surface area contributed by atoms with E-state index in [0.29, 0.717) is 13.1 Å². The smallest absolute Gasteiger partial charge is 0.185 e. The van der Waals surface area contributed by atoms with Gasteiger partial charge in [0.2, 0.25) is 0 Å². The lowest BCUT2D eigenvalue weighted by Crippen LogP contribution is -2.21. The third-order valence-corrected chi connectivity index (χ3v) is 3.54. The third kappa shape index (κ3) is 1.75. The van der Waals surface area contributed by atoms with Crippen LogP contribution >= 0.6 is 11.3 Å². The quantitative estimate of drug-likeness (QED) is 0.740. The van der Waals surface area contributed by atoms with Gasteiger partial charge < -0.3 is 15.1 Å². The fourth-order valence-corrected chi connectivity index (χ4v) is 2.50. The summed E-state index contributed by atoms with van der Waals surface area (Å²) < 4.78 is 0. The van der Waals surface area contributed by atoms with Crippen molar-refractivity contribution in [2.75, 3.05) is 24.6 Å². The molecule has 4 nitrogen and oxygen atoms in total. The maximum absolute atomic E-state index is 9.60. The fourth-order valence-electron chi connectivity index (χ4n) is 1.68. The van der Waals surface area contributed by atoms with Gasteiger partial charge in [-0.05, 0) is 6.92 Å². The van der Waals surface area contributed by atoms with E-state index in [4.69, 9.17) is 5.11 Å². The van der Waals surface area contributed by atoms with Gasteiger partial charge in [-0.15, -0.1) is 11.3 Å².